The summed E-state index contributed by atoms with van der Waals surface area (Å²) in [6.07, 6.45) is 5.39. The first-order chi connectivity index (χ1) is 18.7. The molecule has 0 bridgehead atoms. The van der Waals surface area contributed by atoms with Crippen LogP contribution in [0.5, 0.6) is 11.5 Å². The van der Waals surface area contributed by atoms with E-state index in [1.165, 1.54) is 12.4 Å². The number of carbonyl (C=O) groups excluding carboxylic acids is 1. The van der Waals surface area contributed by atoms with E-state index in [1.807, 2.05) is 39.1 Å². The van der Waals surface area contributed by atoms with Crippen molar-refractivity contribution in [1.29, 1.82) is 0 Å². The zero-order chi connectivity index (χ0) is 27.7. The Bertz CT molecular complexity index is 1380. The minimum absolute atomic E-state index is 0.0257. The number of anilines is 1. The zero-order valence-corrected chi connectivity index (χ0v) is 26.0. The van der Waals surface area contributed by atoms with E-state index >= 15 is 0 Å². The number of nitrogens with zero attached hydrogens (tertiary/aromatic N) is 2. The number of nitrogens with one attached hydrogen (secondary N) is 2. The Balaban J connectivity index is 1.40. The average molecular weight is 667 g/mol. The van der Waals surface area contributed by atoms with Crippen LogP contribution in [0, 0.1) is 3.57 Å². The fourth-order valence-corrected chi connectivity index (χ4v) is 10.6. The third-order valence-corrected chi connectivity index (χ3v) is 12.0. The van der Waals surface area contributed by atoms with Crippen molar-refractivity contribution in [2.24, 2.45) is 0 Å². The minimum atomic E-state index is -1.26. The Labute approximate surface area is 241 Å². The van der Waals surface area contributed by atoms with Crippen LogP contribution in [0.15, 0.2) is 30.5 Å². The zero-order valence-electron chi connectivity index (χ0n) is 23.1. The molecule has 1 aliphatic carbocycles. The molecule has 1 amide bonds. The van der Waals surface area contributed by atoms with E-state index in [4.69, 9.17) is 30.8 Å². The second-order valence-electron chi connectivity index (χ2n) is 10.9. The van der Waals surface area contributed by atoms with Crippen LogP contribution in [0.1, 0.15) is 46.5 Å². The van der Waals surface area contributed by atoms with Crippen LogP contribution in [-0.4, -0.2) is 56.8 Å². The van der Waals surface area contributed by atoms with Gasteiger partial charge in [-0.25, -0.2) is 4.79 Å². The number of ether oxygens (including phenoxy) is 3. The molecule has 5 rings (SSSR count). The number of carbonyl (C=O) groups is 1. The van der Waals surface area contributed by atoms with E-state index in [0.717, 1.165) is 53.5 Å². The predicted molar refractivity (Wildman–Crippen MR) is 165 cm³/mol. The number of methoxy groups -OCH3 is 2. The monoisotopic (exact) mass is 666 g/mol. The molecule has 1 saturated carbocycles. The molecule has 2 atom stereocenters. The summed E-state index contributed by atoms with van der Waals surface area (Å²) in [7, 11) is 3.33. The molecule has 2 N–H and O–H groups in total. The second kappa shape index (κ2) is 11.5. The van der Waals surface area contributed by atoms with E-state index in [2.05, 4.69) is 27.8 Å². The Kier molecular flexibility index (Phi) is 8.28. The summed E-state index contributed by atoms with van der Waals surface area (Å²) < 4.78 is 20.6. The van der Waals surface area contributed by atoms with Crippen molar-refractivity contribution in [3.63, 3.8) is 0 Å². The number of halogens is 2. The molecular formula is C29H36ClIN4O4. The van der Waals surface area contributed by atoms with Crippen molar-refractivity contribution < 1.29 is 19.0 Å². The predicted octanol–water partition coefficient (Wildman–Crippen LogP) is 6.90. The van der Waals surface area contributed by atoms with Crippen LogP contribution in [0.4, 0.5) is 10.7 Å². The van der Waals surface area contributed by atoms with Crippen LogP contribution >= 0.6 is 31.4 Å². The average Bonchev–Trinajstić information content (AvgIpc) is 3.73. The summed E-state index contributed by atoms with van der Waals surface area (Å²) in [5, 5.41) is 8.06. The Morgan fingerprint density at radius 2 is 1.77 bits per heavy atom. The Morgan fingerprint density at radius 3 is 2.44 bits per heavy atom. The van der Waals surface area contributed by atoms with Crippen molar-refractivity contribution in [2.75, 3.05) is 28.4 Å². The van der Waals surface area contributed by atoms with Gasteiger partial charge in [0.1, 0.15) is 5.60 Å². The standard InChI is InChI=1S/C29H36ClIN4O4/c1-29(2,3)39-28(36)35-21-9-7-6-8-20(21)34-27-32-16-18-14-17(10-11-19(18)33-27)24-25(30)22(37-4)15-23(38-5)26(24)31-12-13-31/h10-11,14-16,20-21H,6-9,12-13H2,1-5H3,(H,35,36)(H,32,33,34)/t20-,21+/m1/s1. The summed E-state index contributed by atoms with van der Waals surface area (Å²) in [6, 6.07) is 8.06. The number of aromatic nitrogens is 2. The Hall–Kier alpha value is -2.53. The molecule has 2 fully saturated rings. The molecule has 2 aliphatic rings. The van der Waals surface area contributed by atoms with E-state index in [-0.39, 0.29) is 12.1 Å². The number of alkyl halides is 2. The van der Waals surface area contributed by atoms with Crippen molar-refractivity contribution >= 4 is 54.4 Å². The van der Waals surface area contributed by atoms with E-state index in [9.17, 15) is 4.79 Å². The summed E-state index contributed by atoms with van der Waals surface area (Å²) in [5.74, 6) is 2.03. The van der Waals surface area contributed by atoms with Crippen molar-refractivity contribution in [1.82, 2.24) is 15.3 Å². The van der Waals surface area contributed by atoms with Crippen LogP contribution in [0.2, 0.25) is 5.02 Å². The number of fused-ring (bicyclic) bond motifs is 1. The summed E-state index contributed by atoms with van der Waals surface area (Å²) in [4.78, 5) is 21.8. The van der Waals surface area contributed by atoms with Crippen molar-refractivity contribution in [3.05, 3.63) is 39.1 Å². The van der Waals surface area contributed by atoms with Gasteiger partial charge in [0, 0.05) is 0 Å². The van der Waals surface area contributed by atoms with Gasteiger partial charge in [-0.2, -0.15) is 0 Å². The molecule has 2 aromatic carbocycles. The normalized spacial score (nSPS) is 19.9. The van der Waals surface area contributed by atoms with Gasteiger partial charge in [-0.1, -0.05) is 6.42 Å². The van der Waals surface area contributed by atoms with Gasteiger partial charge < -0.3 is 4.74 Å². The number of rotatable bonds is 7. The third-order valence-electron chi connectivity index (χ3n) is 6.87. The number of amides is 1. The van der Waals surface area contributed by atoms with Gasteiger partial charge in [-0.15, -0.1) is 0 Å². The van der Waals surface area contributed by atoms with Crippen LogP contribution < -0.4 is 20.1 Å². The molecule has 1 aliphatic heterocycles. The molecular weight excluding hydrogens is 631 g/mol. The summed E-state index contributed by atoms with van der Waals surface area (Å²) in [5.41, 5.74) is 2.32. The van der Waals surface area contributed by atoms with Gasteiger partial charge in [0.2, 0.25) is 0 Å². The van der Waals surface area contributed by atoms with Crippen LogP contribution in [0.3, 0.4) is 0 Å². The molecule has 3 aromatic rings. The fraction of sp³-hybridized carbons (Fsp3) is 0.483. The molecule has 39 heavy (non-hydrogen) atoms. The molecule has 2 heterocycles. The quantitative estimate of drug-likeness (QED) is 0.209. The third kappa shape index (κ3) is 6.45. The maximum absolute atomic E-state index is 12.4. The first-order valence-corrected chi connectivity index (χ1v) is 17.8. The van der Waals surface area contributed by atoms with Gasteiger partial charge in [0.15, 0.2) is 0 Å². The molecule has 8 nitrogen and oxygen atoms in total. The molecule has 210 valence electrons. The molecule has 0 radical (unpaired) electrons. The van der Waals surface area contributed by atoms with Gasteiger partial charge in [0.05, 0.1) is 0 Å². The fourth-order valence-electron chi connectivity index (χ4n) is 4.99. The first kappa shape index (κ1) is 28.0. The first-order valence-electron chi connectivity index (χ1n) is 13.3. The molecule has 0 spiro atoms. The van der Waals surface area contributed by atoms with Crippen molar-refractivity contribution in [3.8, 4) is 22.6 Å². The SMILES string of the molecule is COc1cc(OC)c(I2CC2)c(-c2ccc3nc(N[C@@H]4CCCC[C@@H]4NC(=O)OC(C)(C)C)ncc3c2)c1Cl. The van der Waals surface area contributed by atoms with Gasteiger partial charge >= 0.3 is 201 Å². The second-order valence-corrected chi connectivity index (χ2v) is 17.1. The molecule has 10 heteroatoms. The number of alkyl carbamates (subject to hydrolysis) is 1. The van der Waals surface area contributed by atoms with Crippen LogP contribution in [0.25, 0.3) is 22.0 Å². The number of hydrogen-bond donors (Lipinski definition) is 2. The van der Waals surface area contributed by atoms with Crippen LogP contribution in [-0.2, 0) is 4.74 Å². The maximum atomic E-state index is 12.4. The number of hydrogen-bond acceptors (Lipinski definition) is 7. The Morgan fingerprint density at radius 1 is 1.05 bits per heavy atom. The molecule has 1 saturated heterocycles. The van der Waals surface area contributed by atoms with Gasteiger partial charge in [-0.05, 0) is 20.8 Å². The topological polar surface area (TPSA) is 94.6 Å². The van der Waals surface area contributed by atoms with Gasteiger partial charge in [0.25, 0.3) is 0 Å². The summed E-state index contributed by atoms with van der Waals surface area (Å²) in [6.45, 7) is 5.60. The van der Waals surface area contributed by atoms with E-state index in [1.54, 1.807) is 14.2 Å². The van der Waals surface area contributed by atoms with E-state index < -0.39 is 31.5 Å². The molecule has 1 aromatic heterocycles. The van der Waals surface area contributed by atoms with Crippen molar-refractivity contribution in [2.45, 2.75) is 64.1 Å². The van der Waals surface area contributed by atoms with Gasteiger partial charge in [-0.3, -0.25) is 0 Å². The summed E-state index contributed by atoms with van der Waals surface area (Å²) >= 11 is 5.62. The molecule has 0 unspecified atom stereocenters. The van der Waals surface area contributed by atoms with E-state index in [0.29, 0.717) is 16.7 Å². The number of benzene rings is 2.